The monoisotopic (exact) mass is 448 g/mol. The maximum atomic E-state index is 12.9. The Labute approximate surface area is 183 Å². The van der Waals surface area contributed by atoms with Gasteiger partial charge in [-0.25, -0.2) is 13.2 Å². The van der Waals surface area contributed by atoms with Crippen LogP contribution in [0, 0.1) is 6.92 Å². The van der Waals surface area contributed by atoms with Crippen molar-refractivity contribution in [3.8, 4) is 5.75 Å². The van der Waals surface area contributed by atoms with Crippen LogP contribution in [-0.4, -0.2) is 50.9 Å². The molecule has 0 aliphatic carbocycles. The van der Waals surface area contributed by atoms with Crippen LogP contribution in [0.25, 0.3) is 0 Å². The molecule has 2 aromatic carbocycles. The third kappa shape index (κ3) is 6.28. The molecule has 8 nitrogen and oxygen atoms in total. The van der Waals surface area contributed by atoms with E-state index in [1.54, 1.807) is 64.1 Å². The van der Waals surface area contributed by atoms with Crippen molar-refractivity contribution in [2.75, 3.05) is 31.6 Å². The van der Waals surface area contributed by atoms with E-state index in [-0.39, 0.29) is 23.7 Å². The van der Waals surface area contributed by atoms with Gasteiger partial charge < -0.3 is 14.8 Å². The molecule has 0 radical (unpaired) electrons. The molecule has 0 heterocycles. The molecule has 0 atom stereocenters. The summed E-state index contributed by atoms with van der Waals surface area (Å²) in [6.07, 6.45) is 0. The number of aryl methyl sites for hydroxylation is 1. The van der Waals surface area contributed by atoms with Crippen molar-refractivity contribution >= 4 is 27.6 Å². The third-order valence-corrected chi connectivity index (χ3v) is 6.72. The SMILES string of the molecule is CCOC(=O)COc1cccc(NC(=O)c2ccc(C)c(S(=O)(=O)N(CC)CC)c2)c1. The van der Waals surface area contributed by atoms with Crippen molar-refractivity contribution in [3.05, 3.63) is 53.6 Å². The van der Waals surface area contributed by atoms with Crippen molar-refractivity contribution in [1.82, 2.24) is 4.31 Å². The normalized spacial score (nSPS) is 11.3. The topological polar surface area (TPSA) is 102 Å². The van der Waals surface area contributed by atoms with Gasteiger partial charge in [0.15, 0.2) is 6.61 Å². The molecule has 2 rings (SSSR count). The number of hydrogen-bond acceptors (Lipinski definition) is 6. The van der Waals surface area contributed by atoms with E-state index < -0.39 is 21.9 Å². The van der Waals surface area contributed by atoms with Gasteiger partial charge in [0, 0.05) is 30.4 Å². The number of carbonyl (C=O) groups excluding carboxylic acids is 2. The summed E-state index contributed by atoms with van der Waals surface area (Å²) in [6.45, 7) is 7.64. The van der Waals surface area contributed by atoms with E-state index >= 15 is 0 Å². The number of esters is 1. The molecule has 0 aliphatic heterocycles. The minimum absolute atomic E-state index is 0.107. The average molecular weight is 449 g/mol. The Morgan fingerprint density at radius 2 is 1.74 bits per heavy atom. The zero-order valence-electron chi connectivity index (χ0n) is 18.2. The number of nitrogens with one attached hydrogen (secondary N) is 1. The Bertz CT molecular complexity index is 1030. The summed E-state index contributed by atoms with van der Waals surface area (Å²) in [5.74, 6) is -0.559. The third-order valence-electron chi connectivity index (χ3n) is 4.53. The van der Waals surface area contributed by atoms with Gasteiger partial charge in [0.25, 0.3) is 5.91 Å². The van der Waals surface area contributed by atoms with Crippen LogP contribution in [-0.2, 0) is 19.6 Å². The second-order valence-corrected chi connectivity index (χ2v) is 8.55. The van der Waals surface area contributed by atoms with Crippen molar-refractivity contribution in [2.45, 2.75) is 32.6 Å². The molecule has 1 N–H and O–H groups in total. The highest BCUT2D eigenvalue weighted by atomic mass is 32.2. The Morgan fingerprint density at radius 3 is 2.39 bits per heavy atom. The van der Waals surface area contributed by atoms with Gasteiger partial charge >= 0.3 is 5.97 Å². The summed E-state index contributed by atoms with van der Waals surface area (Å²) >= 11 is 0. The molecule has 168 valence electrons. The Morgan fingerprint density at radius 1 is 1.03 bits per heavy atom. The van der Waals surface area contributed by atoms with Gasteiger partial charge in [-0.2, -0.15) is 4.31 Å². The van der Waals surface area contributed by atoms with Crippen LogP contribution in [0.1, 0.15) is 36.7 Å². The van der Waals surface area contributed by atoms with Crippen molar-refractivity contribution < 1.29 is 27.5 Å². The van der Waals surface area contributed by atoms with Gasteiger partial charge in [-0.05, 0) is 43.7 Å². The van der Waals surface area contributed by atoms with Crippen LogP contribution in [0.15, 0.2) is 47.4 Å². The summed E-state index contributed by atoms with van der Waals surface area (Å²) in [5, 5.41) is 2.72. The summed E-state index contributed by atoms with van der Waals surface area (Å²) in [5.41, 5.74) is 1.23. The van der Waals surface area contributed by atoms with Crippen LogP contribution in [0.5, 0.6) is 5.75 Å². The molecule has 0 aliphatic rings. The standard InChI is InChI=1S/C22H28N2O6S/c1-5-24(6-2)31(27,28)20-13-17(12-11-16(20)4)22(26)23-18-9-8-10-19(14-18)30-15-21(25)29-7-3/h8-14H,5-7,15H2,1-4H3,(H,23,26). The summed E-state index contributed by atoms with van der Waals surface area (Å²) in [7, 11) is -3.70. The van der Waals surface area contributed by atoms with Crippen LogP contribution in [0.4, 0.5) is 5.69 Å². The highest BCUT2D eigenvalue weighted by molar-refractivity contribution is 7.89. The first-order valence-electron chi connectivity index (χ1n) is 10.0. The number of sulfonamides is 1. The molecule has 9 heteroatoms. The zero-order valence-corrected chi connectivity index (χ0v) is 19.0. The number of nitrogens with zero attached hydrogens (tertiary/aromatic N) is 1. The van der Waals surface area contributed by atoms with E-state index in [2.05, 4.69) is 5.32 Å². The van der Waals surface area contributed by atoms with Crippen LogP contribution < -0.4 is 10.1 Å². The second kappa shape index (κ2) is 10.9. The minimum Gasteiger partial charge on any atom is -0.482 e. The predicted molar refractivity (Wildman–Crippen MR) is 118 cm³/mol. The van der Waals surface area contributed by atoms with E-state index in [0.717, 1.165) is 0 Å². The molecule has 0 bridgehead atoms. The number of hydrogen-bond donors (Lipinski definition) is 1. The summed E-state index contributed by atoms with van der Waals surface area (Å²) < 4.78 is 37.3. The van der Waals surface area contributed by atoms with Crippen LogP contribution in [0.2, 0.25) is 0 Å². The molecule has 0 fully saturated rings. The van der Waals surface area contributed by atoms with Gasteiger partial charge in [0.05, 0.1) is 11.5 Å². The van der Waals surface area contributed by atoms with Gasteiger partial charge in [0.2, 0.25) is 10.0 Å². The maximum absolute atomic E-state index is 12.9. The Balaban J connectivity index is 2.20. The van der Waals surface area contributed by atoms with Gasteiger partial charge in [0.1, 0.15) is 5.75 Å². The number of rotatable bonds is 10. The molecule has 0 saturated heterocycles. The highest BCUT2D eigenvalue weighted by Gasteiger charge is 2.24. The van der Waals surface area contributed by atoms with Crippen LogP contribution >= 0.6 is 0 Å². The Hall–Kier alpha value is -2.91. The molecular formula is C22H28N2O6S. The van der Waals surface area contributed by atoms with Crippen molar-refractivity contribution in [2.24, 2.45) is 0 Å². The highest BCUT2D eigenvalue weighted by Crippen LogP contribution is 2.23. The van der Waals surface area contributed by atoms with Gasteiger partial charge in [-0.1, -0.05) is 26.0 Å². The Kier molecular flexibility index (Phi) is 8.58. The fraction of sp³-hybridized carbons (Fsp3) is 0.364. The molecule has 31 heavy (non-hydrogen) atoms. The fourth-order valence-electron chi connectivity index (χ4n) is 2.93. The molecule has 0 aromatic heterocycles. The molecular weight excluding hydrogens is 420 g/mol. The number of benzene rings is 2. The predicted octanol–water partition coefficient (Wildman–Crippen LogP) is 3.22. The van der Waals surface area contributed by atoms with E-state index in [9.17, 15) is 18.0 Å². The van der Waals surface area contributed by atoms with E-state index in [1.807, 2.05) is 0 Å². The number of anilines is 1. The quantitative estimate of drug-likeness (QED) is 0.560. The number of amides is 1. The summed E-state index contributed by atoms with van der Waals surface area (Å²) in [6, 6.07) is 11.1. The number of carbonyl (C=O) groups is 2. The lowest BCUT2D eigenvalue weighted by molar-refractivity contribution is -0.145. The molecule has 0 saturated carbocycles. The smallest absolute Gasteiger partial charge is 0.344 e. The molecule has 0 unspecified atom stereocenters. The zero-order chi connectivity index (χ0) is 23.0. The first-order chi connectivity index (χ1) is 14.7. The first kappa shape index (κ1) is 24.4. The fourth-order valence-corrected chi connectivity index (χ4v) is 4.64. The summed E-state index contributed by atoms with van der Waals surface area (Å²) in [4.78, 5) is 24.3. The molecule has 0 spiro atoms. The number of ether oxygens (including phenoxy) is 2. The van der Waals surface area contributed by atoms with Crippen molar-refractivity contribution in [1.29, 1.82) is 0 Å². The lowest BCUT2D eigenvalue weighted by Crippen LogP contribution is -2.31. The van der Waals surface area contributed by atoms with Gasteiger partial charge in [-0.15, -0.1) is 0 Å². The molecule has 2 aromatic rings. The first-order valence-corrected chi connectivity index (χ1v) is 11.5. The maximum Gasteiger partial charge on any atom is 0.344 e. The van der Waals surface area contributed by atoms with Crippen LogP contribution in [0.3, 0.4) is 0 Å². The van der Waals surface area contributed by atoms with Gasteiger partial charge in [-0.3, -0.25) is 4.79 Å². The lowest BCUT2D eigenvalue weighted by atomic mass is 10.1. The average Bonchev–Trinajstić information content (AvgIpc) is 2.73. The van der Waals surface area contributed by atoms with E-state index in [4.69, 9.17) is 9.47 Å². The largest absolute Gasteiger partial charge is 0.482 e. The van der Waals surface area contributed by atoms with E-state index in [1.165, 1.54) is 10.4 Å². The lowest BCUT2D eigenvalue weighted by Gasteiger charge is -2.20. The second-order valence-electron chi connectivity index (χ2n) is 6.65. The van der Waals surface area contributed by atoms with Crippen molar-refractivity contribution in [3.63, 3.8) is 0 Å². The van der Waals surface area contributed by atoms with E-state index in [0.29, 0.717) is 30.1 Å². The minimum atomic E-state index is -3.70. The molecule has 1 amide bonds.